The van der Waals surface area contributed by atoms with Gasteiger partial charge in [0.25, 0.3) is 5.91 Å². The lowest BCUT2D eigenvalue weighted by Gasteiger charge is -2.04. The normalized spacial score (nSPS) is 11.4. The summed E-state index contributed by atoms with van der Waals surface area (Å²) in [5.74, 6) is -1.39. The maximum atomic E-state index is 13.7. The molecule has 0 aliphatic rings. The standard InChI is InChI=1S/C19H18FN3O4S/c1-13-5-4-7-14(11-13)18(24)21-10-9-17-22-23-19(27-17)28(25,26)12-15-6-2-3-8-16(15)20/h2-8,11H,9-10,12H2,1H3,(H,21,24). The predicted octanol–water partition coefficient (Wildman–Crippen LogP) is 2.46. The molecular weight excluding hydrogens is 385 g/mol. The van der Waals surface area contributed by atoms with E-state index in [2.05, 4.69) is 15.5 Å². The maximum Gasteiger partial charge on any atom is 0.335 e. The number of halogens is 1. The number of amides is 1. The minimum atomic E-state index is -3.97. The number of benzene rings is 2. The highest BCUT2D eigenvalue weighted by Gasteiger charge is 2.24. The molecule has 9 heteroatoms. The van der Waals surface area contributed by atoms with E-state index in [0.29, 0.717) is 5.56 Å². The van der Waals surface area contributed by atoms with Crippen molar-refractivity contribution in [3.05, 3.63) is 76.9 Å². The summed E-state index contributed by atoms with van der Waals surface area (Å²) in [6.45, 7) is 2.08. The molecule has 2 aromatic carbocycles. The van der Waals surface area contributed by atoms with Crippen LogP contribution in [0.3, 0.4) is 0 Å². The van der Waals surface area contributed by atoms with E-state index in [1.807, 2.05) is 13.0 Å². The molecule has 0 atom stereocenters. The number of carbonyl (C=O) groups excluding carboxylic acids is 1. The Labute approximate surface area is 161 Å². The molecule has 0 aliphatic carbocycles. The van der Waals surface area contributed by atoms with Gasteiger partial charge in [0.2, 0.25) is 15.7 Å². The van der Waals surface area contributed by atoms with E-state index >= 15 is 0 Å². The van der Waals surface area contributed by atoms with Crippen molar-refractivity contribution in [1.29, 1.82) is 0 Å². The second-order valence-corrected chi connectivity index (χ2v) is 8.05. The Hall–Kier alpha value is -3.07. The van der Waals surface area contributed by atoms with E-state index in [9.17, 15) is 17.6 Å². The molecule has 0 saturated heterocycles. The maximum absolute atomic E-state index is 13.7. The zero-order chi connectivity index (χ0) is 20.1. The van der Waals surface area contributed by atoms with Crippen molar-refractivity contribution in [3.8, 4) is 0 Å². The lowest BCUT2D eigenvalue weighted by Crippen LogP contribution is -2.25. The van der Waals surface area contributed by atoms with Gasteiger partial charge in [-0.05, 0) is 25.1 Å². The Morgan fingerprint density at radius 2 is 1.93 bits per heavy atom. The summed E-state index contributed by atoms with van der Waals surface area (Å²) in [6, 6.07) is 12.7. The van der Waals surface area contributed by atoms with E-state index in [1.54, 1.807) is 24.3 Å². The van der Waals surface area contributed by atoms with Crippen molar-refractivity contribution in [1.82, 2.24) is 15.5 Å². The highest BCUT2D eigenvalue weighted by molar-refractivity contribution is 7.90. The molecule has 0 saturated carbocycles. The SMILES string of the molecule is Cc1cccc(C(=O)NCCc2nnc(S(=O)(=O)Cc3ccccc3F)o2)c1. The van der Waals surface area contributed by atoms with Crippen LogP contribution >= 0.6 is 0 Å². The fourth-order valence-electron chi connectivity index (χ4n) is 2.52. The first-order chi connectivity index (χ1) is 13.3. The zero-order valence-corrected chi connectivity index (χ0v) is 15.9. The van der Waals surface area contributed by atoms with Gasteiger partial charge in [0.15, 0.2) is 0 Å². The number of rotatable bonds is 7. The molecule has 0 aliphatic heterocycles. The lowest BCUT2D eigenvalue weighted by atomic mass is 10.1. The van der Waals surface area contributed by atoms with Gasteiger partial charge in [0, 0.05) is 24.1 Å². The molecule has 1 heterocycles. The number of aromatic nitrogens is 2. The summed E-state index contributed by atoms with van der Waals surface area (Å²) in [4.78, 5) is 12.1. The number of sulfone groups is 1. The summed E-state index contributed by atoms with van der Waals surface area (Å²) < 4.78 is 43.5. The average Bonchev–Trinajstić information content (AvgIpc) is 3.13. The molecule has 3 aromatic rings. The third-order valence-electron chi connectivity index (χ3n) is 3.92. The summed E-state index contributed by atoms with van der Waals surface area (Å²) in [5, 5.41) is 9.36. The summed E-state index contributed by atoms with van der Waals surface area (Å²) in [5.41, 5.74) is 1.51. The van der Waals surface area contributed by atoms with Gasteiger partial charge >= 0.3 is 5.22 Å². The van der Waals surface area contributed by atoms with Crippen molar-refractivity contribution in [2.24, 2.45) is 0 Å². The number of nitrogens with zero attached hydrogens (tertiary/aromatic N) is 2. The van der Waals surface area contributed by atoms with Crippen LogP contribution in [-0.4, -0.2) is 31.1 Å². The Balaban J connectivity index is 1.59. The number of nitrogens with one attached hydrogen (secondary N) is 1. The van der Waals surface area contributed by atoms with Gasteiger partial charge in [0.1, 0.15) is 5.82 Å². The van der Waals surface area contributed by atoms with E-state index in [1.165, 1.54) is 18.2 Å². The molecule has 0 unspecified atom stereocenters. The van der Waals surface area contributed by atoms with Crippen molar-refractivity contribution in [3.63, 3.8) is 0 Å². The largest absolute Gasteiger partial charge is 0.412 e. The molecule has 1 N–H and O–H groups in total. The van der Waals surface area contributed by atoms with Gasteiger partial charge in [-0.1, -0.05) is 41.0 Å². The molecule has 1 aromatic heterocycles. The minimum Gasteiger partial charge on any atom is -0.412 e. The molecule has 0 bridgehead atoms. The fraction of sp³-hybridized carbons (Fsp3) is 0.211. The van der Waals surface area contributed by atoms with E-state index < -0.39 is 26.6 Å². The molecule has 0 fully saturated rings. The van der Waals surface area contributed by atoms with Gasteiger partial charge in [-0.3, -0.25) is 4.79 Å². The highest BCUT2D eigenvalue weighted by atomic mass is 32.2. The monoisotopic (exact) mass is 403 g/mol. The topological polar surface area (TPSA) is 102 Å². The van der Waals surface area contributed by atoms with Crippen molar-refractivity contribution >= 4 is 15.7 Å². The molecular formula is C19H18FN3O4S. The van der Waals surface area contributed by atoms with Crippen LogP contribution in [0.15, 0.2) is 58.2 Å². The Morgan fingerprint density at radius 1 is 1.14 bits per heavy atom. The Bertz CT molecular complexity index is 1100. The van der Waals surface area contributed by atoms with Gasteiger partial charge in [0.05, 0.1) is 5.75 Å². The van der Waals surface area contributed by atoms with Crippen LogP contribution in [0.1, 0.15) is 27.4 Å². The van der Waals surface area contributed by atoms with Crippen LogP contribution in [-0.2, 0) is 22.0 Å². The molecule has 146 valence electrons. The first-order valence-electron chi connectivity index (χ1n) is 8.48. The van der Waals surface area contributed by atoms with Crippen molar-refractivity contribution in [2.75, 3.05) is 6.54 Å². The van der Waals surface area contributed by atoms with Crippen molar-refractivity contribution < 1.29 is 22.0 Å². The van der Waals surface area contributed by atoms with Crippen molar-refractivity contribution in [2.45, 2.75) is 24.3 Å². The molecule has 0 spiro atoms. The average molecular weight is 403 g/mol. The van der Waals surface area contributed by atoms with Crippen LogP contribution in [0, 0.1) is 12.7 Å². The third kappa shape index (κ3) is 4.80. The van der Waals surface area contributed by atoms with Gasteiger partial charge < -0.3 is 9.73 Å². The smallest absolute Gasteiger partial charge is 0.335 e. The third-order valence-corrected chi connectivity index (χ3v) is 5.31. The van der Waals surface area contributed by atoms with Gasteiger partial charge in [-0.25, -0.2) is 12.8 Å². The molecule has 1 amide bonds. The Kier molecular flexibility index (Phi) is 5.84. The number of aryl methyl sites for hydroxylation is 1. The fourth-order valence-corrected chi connectivity index (χ4v) is 3.67. The second kappa shape index (κ2) is 8.30. The van der Waals surface area contributed by atoms with Crippen LogP contribution in [0.2, 0.25) is 0 Å². The van der Waals surface area contributed by atoms with Gasteiger partial charge in [-0.15, -0.1) is 5.10 Å². The number of carbonyl (C=O) groups is 1. The highest BCUT2D eigenvalue weighted by Crippen LogP contribution is 2.17. The minimum absolute atomic E-state index is 0.0210. The van der Waals surface area contributed by atoms with E-state index in [-0.39, 0.29) is 30.3 Å². The Morgan fingerprint density at radius 3 is 2.68 bits per heavy atom. The molecule has 3 rings (SSSR count). The van der Waals surface area contributed by atoms with Crippen LogP contribution in [0.5, 0.6) is 0 Å². The van der Waals surface area contributed by atoms with Crippen LogP contribution in [0.4, 0.5) is 4.39 Å². The molecule has 28 heavy (non-hydrogen) atoms. The lowest BCUT2D eigenvalue weighted by molar-refractivity contribution is 0.0953. The summed E-state index contributed by atoms with van der Waals surface area (Å²) in [7, 11) is -3.97. The van der Waals surface area contributed by atoms with E-state index in [4.69, 9.17) is 4.42 Å². The first-order valence-corrected chi connectivity index (χ1v) is 10.1. The van der Waals surface area contributed by atoms with E-state index in [0.717, 1.165) is 5.56 Å². The number of hydrogen-bond acceptors (Lipinski definition) is 6. The van der Waals surface area contributed by atoms with Gasteiger partial charge in [-0.2, -0.15) is 0 Å². The van der Waals surface area contributed by atoms with Crippen LogP contribution < -0.4 is 5.32 Å². The second-order valence-electron chi connectivity index (χ2n) is 6.19. The first kappa shape index (κ1) is 19.7. The predicted molar refractivity (Wildman–Crippen MR) is 98.8 cm³/mol. The quantitative estimate of drug-likeness (QED) is 0.650. The van der Waals surface area contributed by atoms with Crippen LogP contribution in [0.25, 0.3) is 0 Å². The summed E-state index contributed by atoms with van der Waals surface area (Å²) >= 11 is 0. The molecule has 0 radical (unpaired) electrons. The number of hydrogen-bond donors (Lipinski definition) is 1. The zero-order valence-electron chi connectivity index (χ0n) is 15.1. The summed E-state index contributed by atoms with van der Waals surface area (Å²) in [6.07, 6.45) is 0.166. The molecule has 7 nitrogen and oxygen atoms in total.